The fourth-order valence-electron chi connectivity index (χ4n) is 2.78. The third kappa shape index (κ3) is 1.96. The van der Waals surface area contributed by atoms with Crippen LogP contribution < -0.4 is 5.32 Å². The van der Waals surface area contributed by atoms with E-state index in [-0.39, 0.29) is 16.9 Å². The minimum Gasteiger partial charge on any atom is -0.380 e. The van der Waals surface area contributed by atoms with Crippen molar-refractivity contribution in [2.75, 3.05) is 19.8 Å². The largest absolute Gasteiger partial charge is 0.380 e. The van der Waals surface area contributed by atoms with Crippen molar-refractivity contribution in [1.29, 1.82) is 0 Å². The van der Waals surface area contributed by atoms with Gasteiger partial charge >= 0.3 is 0 Å². The normalized spacial score (nSPS) is 26.8. The van der Waals surface area contributed by atoms with Crippen LogP contribution >= 0.6 is 11.6 Å². The minimum atomic E-state index is -0.338. The molecule has 2 saturated heterocycles. The summed E-state index contributed by atoms with van der Waals surface area (Å²) < 4.78 is 18.8. The molecule has 1 atom stereocenters. The van der Waals surface area contributed by atoms with Crippen molar-refractivity contribution in [3.8, 4) is 0 Å². The second kappa shape index (κ2) is 4.23. The van der Waals surface area contributed by atoms with Gasteiger partial charge in [0.05, 0.1) is 18.2 Å². The number of hydrogen-bond acceptors (Lipinski definition) is 2. The molecule has 1 unspecified atom stereocenters. The standard InChI is InChI=1S/C13H15ClFNO/c14-12-9(2-1-3-10(12)15)11-6-13(4-5-16-11)7-17-8-13/h1-3,11,16H,4-8H2. The lowest BCUT2D eigenvalue weighted by Crippen LogP contribution is -2.50. The molecule has 3 rings (SSSR count). The molecule has 0 saturated carbocycles. The average molecular weight is 256 g/mol. The number of benzene rings is 1. The lowest BCUT2D eigenvalue weighted by molar-refractivity contribution is -0.134. The van der Waals surface area contributed by atoms with Gasteiger partial charge in [-0.05, 0) is 31.0 Å². The second-order valence-corrected chi connectivity index (χ2v) is 5.47. The summed E-state index contributed by atoms with van der Waals surface area (Å²) in [5.41, 5.74) is 1.17. The van der Waals surface area contributed by atoms with Crippen LogP contribution in [0.4, 0.5) is 4.39 Å². The highest BCUT2D eigenvalue weighted by atomic mass is 35.5. The fourth-order valence-corrected chi connectivity index (χ4v) is 3.04. The zero-order valence-electron chi connectivity index (χ0n) is 9.51. The predicted molar refractivity (Wildman–Crippen MR) is 64.6 cm³/mol. The van der Waals surface area contributed by atoms with E-state index in [4.69, 9.17) is 16.3 Å². The van der Waals surface area contributed by atoms with Gasteiger partial charge in [0.15, 0.2) is 0 Å². The molecule has 1 aromatic rings. The lowest BCUT2D eigenvalue weighted by atomic mass is 9.73. The molecule has 0 aromatic heterocycles. The van der Waals surface area contributed by atoms with E-state index in [1.807, 2.05) is 6.07 Å². The highest BCUT2D eigenvalue weighted by Gasteiger charge is 2.43. The Balaban J connectivity index is 1.86. The van der Waals surface area contributed by atoms with Crippen LogP contribution in [0.25, 0.3) is 0 Å². The van der Waals surface area contributed by atoms with Crippen molar-refractivity contribution in [1.82, 2.24) is 5.32 Å². The van der Waals surface area contributed by atoms with Gasteiger partial charge in [-0.3, -0.25) is 0 Å². The van der Waals surface area contributed by atoms with Crippen LogP contribution in [0.1, 0.15) is 24.4 Å². The van der Waals surface area contributed by atoms with Crippen LogP contribution in [-0.2, 0) is 4.74 Å². The monoisotopic (exact) mass is 255 g/mol. The molecule has 0 bridgehead atoms. The number of nitrogens with one attached hydrogen (secondary N) is 1. The average Bonchev–Trinajstić information content (AvgIpc) is 2.31. The summed E-state index contributed by atoms with van der Waals surface area (Å²) in [6.45, 7) is 2.61. The van der Waals surface area contributed by atoms with Crippen LogP contribution in [0.3, 0.4) is 0 Å². The highest BCUT2D eigenvalue weighted by molar-refractivity contribution is 6.31. The van der Waals surface area contributed by atoms with Crippen molar-refractivity contribution in [3.63, 3.8) is 0 Å². The van der Waals surface area contributed by atoms with Gasteiger partial charge in [0, 0.05) is 11.5 Å². The van der Waals surface area contributed by atoms with Crippen LogP contribution in [0.2, 0.25) is 5.02 Å². The molecule has 92 valence electrons. The first-order valence-corrected chi connectivity index (χ1v) is 6.33. The van der Waals surface area contributed by atoms with Crippen LogP contribution in [0, 0.1) is 11.2 Å². The minimum absolute atomic E-state index is 0.149. The van der Waals surface area contributed by atoms with E-state index in [1.165, 1.54) is 6.07 Å². The van der Waals surface area contributed by atoms with Gasteiger partial charge in [0.25, 0.3) is 0 Å². The predicted octanol–water partition coefficient (Wildman–Crippen LogP) is 2.92. The van der Waals surface area contributed by atoms with Gasteiger partial charge < -0.3 is 10.1 Å². The molecular formula is C13H15ClFNO. The van der Waals surface area contributed by atoms with E-state index < -0.39 is 0 Å². The second-order valence-electron chi connectivity index (χ2n) is 5.10. The molecule has 2 nitrogen and oxygen atoms in total. The zero-order valence-corrected chi connectivity index (χ0v) is 10.3. The number of halogens is 2. The molecule has 2 heterocycles. The molecule has 1 N–H and O–H groups in total. The van der Waals surface area contributed by atoms with Crippen molar-refractivity contribution in [2.45, 2.75) is 18.9 Å². The molecule has 1 spiro atoms. The Bertz CT molecular complexity index is 433. The summed E-state index contributed by atoms with van der Waals surface area (Å²) >= 11 is 6.03. The van der Waals surface area contributed by atoms with E-state index in [2.05, 4.69) is 5.32 Å². The first kappa shape index (κ1) is 11.5. The molecule has 2 fully saturated rings. The summed E-state index contributed by atoms with van der Waals surface area (Å²) in [6, 6.07) is 5.17. The first-order chi connectivity index (χ1) is 8.20. The Morgan fingerprint density at radius 1 is 1.41 bits per heavy atom. The van der Waals surface area contributed by atoms with Crippen molar-refractivity contribution in [2.24, 2.45) is 5.41 Å². The van der Waals surface area contributed by atoms with Crippen molar-refractivity contribution < 1.29 is 9.13 Å². The van der Waals surface area contributed by atoms with Gasteiger partial charge in [-0.2, -0.15) is 0 Å². The summed E-state index contributed by atoms with van der Waals surface area (Å²) in [6.07, 6.45) is 2.12. The van der Waals surface area contributed by atoms with Gasteiger partial charge in [-0.1, -0.05) is 23.7 Å². The molecule has 1 aromatic carbocycles. The summed E-state index contributed by atoms with van der Waals surface area (Å²) in [5.74, 6) is -0.338. The zero-order chi connectivity index (χ0) is 11.9. The van der Waals surface area contributed by atoms with E-state index in [0.717, 1.165) is 38.2 Å². The van der Waals surface area contributed by atoms with Crippen LogP contribution in [0.5, 0.6) is 0 Å². The quantitative estimate of drug-likeness (QED) is 0.833. The summed E-state index contributed by atoms with van der Waals surface area (Å²) in [5, 5.41) is 3.67. The Hall–Kier alpha value is -0.640. The SMILES string of the molecule is Fc1cccc(C2CC3(CCN2)COC3)c1Cl. The molecule has 2 aliphatic heterocycles. The maximum absolute atomic E-state index is 13.4. The van der Waals surface area contributed by atoms with Gasteiger partial charge in [-0.25, -0.2) is 4.39 Å². The molecule has 0 aliphatic carbocycles. The Kier molecular flexibility index (Phi) is 2.85. The third-order valence-electron chi connectivity index (χ3n) is 3.86. The Labute approximate surface area is 105 Å². The van der Waals surface area contributed by atoms with Crippen LogP contribution in [-0.4, -0.2) is 19.8 Å². The third-order valence-corrected chi connectivity index (χ3v) is 4.26. The lowest BCUT2D eigenvalue weighted by Gasteiger charge is -2.47. The molecule has 0 radical (unpaired) electrons. The number of hydrogen-bond donors (Lipinski definition) is 1. The van der Waals surface area contributed by atoms with E-state index in [9.17, 15) is 4.39 Å². The van der Waals surface area contributed by atoms with Crippen molar-refractivity contribution >= 4 is 11.6 Å². The van der Waals surface area contributed by atoms with E-state index in [0.29, 0.717) is 5.41 Å². The van der Waals surface area contributed by atoms with Gasteiger partial charge in [0.1, 0.15) is 5.82 Å². The first-order valence-electron chi connectivity index (χ1n) is 5.95. The Morgan fingerprint density at radius 3 is 2.94 bits per heavy atom. The molecule has 4 heteroatoms. The topological polar surface area (TPSA) is 21.3 Å². The number of ether oxygens (including phenoxy) is 1. The maximum Gasteiger partial charge on any atom is 0.142 e. The Morgan fingerprint density at radius 2 is 2.24 bits per heavy atom. The summed E-state index contributed by atoms with van der Waals surface area (Å²) in [4.78, 5) is 0. The fraction of sp³-hybridized carbons (Fsp3) is 0.538. The number of rotatable bonds is 1. The van der Waals surface area contributed by atoms with E-state index >= 15 is 0 Å². The molecular weight excluding hydrogens is 241 g/mol. The molecule has 2 aliphatic rings. The molecule has 17 heavy (non-hydrogen) atoms. The van der Waals surface area contributed by atoms with Gasteiger partial charge in [0.2, 0.25) is 0 Å². The highest BCUT2D eigenvalue weighted by Crippen LogP contribution is 2.43. The van der Waals surface area contributed by atoms with Crippen molar-refractivity contribution in [3.05, 3.63) is 34.6 Å². The summed E-state index contributed by atoms with van der Waals surface area (Å²) in [7, 11) is 0. The smallest absolute Gasteiger partial charge is 0.142 e. The maximum atomic E-state index is 13.4. The van der Waals surface area contributed by atoms with E-state index in [1.54, 1.807) is 6.07 Å². The van der Waals surface area contributed by atoms with Crippen LogP contribution in [0.15, 0.2) is 18.2 Å². The van der Waals surface area contributed by atoms with Gasteiger partial charge in [-0.15, -0.1) is 0 Å². The molecule has 0 amide bonds. The number of piperidine rings is 1.